The molecule has 0 aliphatic heterocycles. The second-order valence-corrected chi connectivity index (χ2v) is 6.58. The fourth-order valence-corrected chi connectivity index (χ4v) is 2.58. The van der Waals surface area contributed by atoms with Crippen molar-refractivity contribution in [2.45, 2.75) is 6.92 Å². The first-order chi connectivity index (χ1) is 13.0. The summed E-state index contributed by atoms with van der Waals surface area (Å²) < 4.78 is 6.69. The van der Waals surface area contributed by atoms with E-state index in [1.54, 1.807) is 30.3 Å². The van der Waals surface area contributed by atoms with Gasteiger partial charge in [0, 0.05) is 28.2 Å². The summed E-state index contributed by atoms with van der Waals surface area (Å²) in [6, 6.07) is 17.9. The first-order valence-electron chi connectivity index (χ1n) is 8.08. The molecule has 2 amide bonds. The largest absolute Gasteiger partial charge is 0.455 e. The number of carbonyl (C=O) groups excluding carboxylic acids is 2. The van der Waals surface area contributed by atoms with Gasteiger partial charge in [0.25, 0.3) is 5.91 Å². The van der Waals surface area contributed by atoms with E-state index < -0.39 is 0 Å². The molecule has 1 aromatic heterocycles. The second kappa shape index (κ2) is 8.46. The van der Waals surface area contributed by atoms with Gasteiger partial charge in [0.15, 0.2) is 0 Å². The summed E-state index contributed by atoms with van der Waals surface area (Å²) in [5.41, 5.74) is 4.44. The van der Waals surface area contributed by atoms with Crippen molar-refractivity contribution in [3.05, 3.63) is 76.5 Å². The highest BCUT2D eigenvalue weighted by atomic mass is 79.9. The van der Waals surface area contributed by atoms with Crippen molar-refractivity contribution in [1.29, 1.82) is 0 Å². The number of nitrogens with zero attached hydrogens (tertiary/aromatic N) is 1. The Kier molecular flexibility index (Phi) is 5.83. The van der Waals surface area contributed by atoms with Gasteiger partial charge in [0.1, 0.15) is 11.5 Å². The Morgan fingerprint density at radius 2 is 1.70 bits per heavy atom. The summed E-state index contributed by atoms with van der Waals surface area (Å²) in [5.74, 6) is 0.705. The van der Waals surface area contributed by atoms with Gasteiger partial charge in [-0.3, -0.25) is 9.59 Å². The highest BCUT2D eigenvalue weighted by Crippen LogP contribution is 2.23. The Morgan fingerprint density at radius 3 is 2.37 bits per heavy atom. The van der Waals surface area contributed by atoms with E-state index in [0.717, 1.165) is 10.0 Å². The third-order valence-corrected chi connectivity index (χ3v) is 4.11. The van der Waals surface area contributed by atoms with Gasteiger partial charge >= 0.3 is 0 Å². The van der Waals surface area contributed by atoms with Gasteiger partial charge in [-0.1, -0.05) is 28.1 Å². The topological polar surface area (TPSA) is 83.7 Å². The normalized spacial score (nSPS) is 10.7. The zero-order chi connectivity index (χ0) is 19.2. The first-order valence-corrected chi connectivity index (χ1v) is 8.87. The maximum absolute atomic E-state index is 12.1. The maximum Gasteiger partial charge on any atom is 0.271 e. The van der Waals surface area contributed by atoms with E-state index in [4.69, 9.17) is 4.42 Å². The number of benzene rings is 2. The van der Waals surface area contributed by atoms with Crippen molar-refractivity contribution in [2.24, 2.45) is 5.10 Å². The van der Waals surface area contributed by atoms with Crippen molar-refractivity contribution in [3.63, 3.8) is 0 Å². The van der Waals surface area contributed by atoms with Crippen LogP contribution in [0.25, 0.3) is 11.3 Å². The fraction of sp³-hybridized carbons (Fsp3) is 0.0500. The van der Waals surface area contributed by atoms with E-state index in [0.29, 0.717) is 22.8 Å². The molecule has 6 nitrogen and oxygen atoms in total. The summed E-state index contributed by atoms with van der Waals surface area (Å²) in [6.07, 6.45) is 1.44. The van der Waals surface area contributed by atoms with Crippen LogP contribution in [-0.4, -0.2) is 18.0 Å². The van der Waals surface area contributed by atoms with E-state index in [9.17, 15) is 9.59 Å². The molecule has 2 N–H and O–H groups in total. The van der Waals surface area contributed by atoms with Gasteiger partial charge in [-0.2, -0.15) is 5.10 Å². The third kappa shape index (κ3) is 5.15. The Labute approximate surface area is 164 Å². The number of amides is 2. The lowest BCUT2D eigenvalue weighted by Crippen LogP contribution is -2.17. The van der Waals surface area contributed by atoms with E-state index >= 15 is 0 Å². The lowest BCUT2D eigenvalue weighted by atomic mass is 10.2. The number of hydrogen-bond donors (Lipinski definition) is 2. The van der Waals surface area contributed by atoms with Crippen LogP contribution in [0, 0.1) is 0 Å². The Balaban J connectivity index is 1.59. The van der Waals surface area contributed by atoms with Crippen LogP contribution in [0.2, 0.25) is 0 Å². The minimum Gasteiger partial charge on any atom is -0.455 e. The van der Waals surface area contributed by atoms with Crippen LogP contribution in [0.15, 0.2) is 74.7 Å². The second-order valence-electron chi connectivity index (χ2n) is 5.67. The minimum absolute atomic E-state index is 0.169. The number of rotatable bonds is 5. The van der Waals surface area contributed by atoms with Crippen LogP contribution in [0.5, 0.6) is 0 Å². The quantitative estimate of drug-likeness (QED) is 0.468. The van der Waals surface area contributed by atoms with Crippen LogP contribution in [0.3, 0.4) is 0 Å². The number of anilines is 1. The lowest BCUT2D eigenvalue weighted by molar-refractivity contribution is -0.114. The molecule has 0 saturated carbocycles. The van der Waals surface area contributed by atoms with Crippen molar-refractivity contribution >= 4 is 39.6 Å². The molecule has 27 heavy (non-hydrogen) atoms. The summed E-state index contributed by atoms with van der Waals surface area (Å²) in [6.45, 7) is 1.42. The SMILES string of the molecule is CC(=O)Nc1ccc(C(=O)N/N=C\c2ccc(-c3ccc(Br)cc3)o2)cc1. The third-order valence-electron chi connectivity index (χ3n) is 3.58. The summed E-state index contributed by atoms with van der Waals surface area (Å²) in [7, 11) is 0. The predicted molar refractivity (Wildman–Crippen MR) is 108 cm³/mol. The van der Waals surface area contributed by atoms with Crippen LogP contribution < -0.4 is 10.7 Å². The molecule has 0 fully saturated rings. The van der Waals surface area contributed by atoms with Crippen LogP contribution in [0.4, 0.5) is 5.69 Å². The van der Waals surface area contributed by atoms with Gasteiger partial charge < -0.3 is 9.73 Å². The smallest absolute Gasteiger partial charge is 0.271 e. The van der Waals surface area contributed by atoms with Gasteiger partial charge in [-0.15, -0.1) is 0 Å². The highest BCUT2D eigenvalue weighted by molar-refractivity contribution is 9.10. The zero-order valence-corrected chi connectivity index (χ0v) is 16.0. The van der Waals surface area contributed by atoms with E-state index in [1.807, 2.05) is 30.3 Å². The van der Waals surface area contributed by atoms with Crippen molar-refractivity contribution in [3.8, 4) is 11.3 Å². The summed E-state index contributed by atoms with van der Waals surface area (Å²) >= 11 is 3.39. The molecule has 3 aromatic rings. The van der Waals surface area contributed by atoms with Crippen LogP contribution in [0.1, 0.15) is 23.0 Å². The summed E-state index contributed by atoms with van der Waals surface area (Å²) in [4.78, 5) is 23.1. The van der Waals surface area contributed by atoms with E-state index in [2.05, 4.69) is 31.8 Å². The fourth-order valence-electron chi connectivity index (χ4n) is 2.32. The Hall–Kier alpha value is -3.19. The van der Waals surface area contributed by atoms with Crippen molar-refractivity contribution in [1.82, 2.24) is 5.43 Å². The number of hydrogen-bond acceptors (Lipinski definition) is 4. The molecule has 3 rings (SSSR count). The van der Waals surface area contributed by atoms with E-state index in [1.165, 1.54) is 13.1 Å². The number of furan rings is 1. The van der Waals surface area contributed by atoms with Crippen molar-refractivity contribution < 1.29 is 14.0 Å². The van der Waals surface area contributed by atoms with Crippen LogP contribution in [-0.2, 0) is 4.79 Å². The molecule has 0 atom stereocenters. The van der Waals surface area contributed by atoms with Gasteiger partial charge in [-0.25, -0.2) is 5.43 Å². The van der Waals surface area contributed by atoms with Gasteiger partial charge in [0.2, 0.25) is 5.91 Å². The van der Waals surface area contributed by atoms with Crippen molar-refractivity contribution in [2.75, 3.05) is 5.32 Å². The van der Waals surface area contributed by atoms with Gasteiger partial charge in [-0.05, 0) is 48.5 Å². The standard InChI is InChI=1S/C20H16BrN3O3/c1-13(25)23-17-8-4-15(5-9-17)20(26)24-22-12-18-10-11-19(27-18)14-2-6-16(21)7-3-14/h2-12H,1H3,(H,23,25)(H,24,26)/b22-12-. The monoisotopic (exact) mass is 425 g/mol. The molecular formula is C20H16BrN3O3. The molecule has 0 bridgehead atoms. The average Bonchev–Trinajstić information content (AvgIpc) is 3.11. The average molecular weight is 426 g/mol. The molecule has 0 aliphatic rings. The lowest BCUT2D eigenvalue weighted by Gasteiger charge is -2.03. The van der Waals surface area contributed by atoms with Gasteiger partial charge in [0.05, 0.1) is 6.21 Å². The molecule has 136 valence electrons. The predicted octanol–water partition coefficient (Wildman–Crippen LogP) is 4.43. The number of carbonyl (C=O) groups is 2. The number of halogens is 1. The minimum atomic E-state index is -0.361. The molecule has 0 spiro atoms. The Bertz CT molecular complexity index is 976. The molecule has 0 aliphatic carbocycles. The highest BCUT2D eigenvalue weighted by Gasteiger charge is 2.06. The molecular weight excluding hydrogens is 410 g/mol. The maximum atomic E-state index is 12.1. The molecule has 7 heteroatoms. The van der Waals surface area contributed by atoms with E-state index in [-0.39, 0.29) is 11.8 Å². The molecule has 0 unspecified atom stereocenters. The molecule has 0 radical (unpaired) electrons. The van der Waals surface area contributed by atoms with Crippen LogP contribution >= 0.6 is 15.9 Å². The summed E-state index contributed by atoms with van der Waals surface area (Å²) in [5, 5.41) is 6.55. The molecule has 0 saturated heterocycles. The Morgan fingerprint density at radius 1 is 1.00 bits per heavy atom. The molecule has 2 aromatic carbocycles. The number of nitrogens with one attached hydrogen (secondary N) is 2. The first kappa shape index (κ1) is 18.6. The molecule has 1 heterocycles. The zero-order valence-electron chi connectivity index (χ0n) is 14.4. The number of hydrazone groups is 1.